The van der Waals surface area contributed by atoms with E-state index in [9.17, 15) is 4.79 Å². The second-order valence-corrected chi connectivity index (χ2v) is 4.04. The number of halogens is 2. The van der Waals surface area contributed by atoms with Crippen LogP contribution < -0.4 is 0 Å². The van der Waals surface area contributed by atoms with E-state index in [0.29, 0.717) is 5.56 Å². The van der Waals surface area contributed by atoms with Crippen LogP contribution in [0.3, 0.4) is 0 Å². The first-order valence-corrected chi connectivity index (χ1v) is 5.41. The average molecular weight is 273 g/mol. The zero-order valence-corrected chi connectivity index (χ0v) is 9.52. The number of benzene rings is 1. The zero-order valence-electron chi connectivity index (χ0n) is 7.18. The van der Waals surface area contributed by atoms with Gasteiger partial charge >= 0.3 is 0 Å². The van der Waals surface area contributed by atoms with Gasteiger partial charge in [0.15, 0.2) is 5.78 Å². The number of hydrogen-bond acceptors (Lipinski definition) is 1. The number of rotatable bonds is 2. The predicted molar refractivity (Wildman–Crippen MR) is 61.0 cm³/mol. The van der Waals surface area contributed by atoms with Crippen LogP contribution in [0, 0.1) is 0 Å². The number of ketones is 1. The first-order chi connectivity index (χ1) is 6.74. The van der Waals surface area contributed by atoms with E-state index in [1.165, 1.54) is 0 Å². The van der Waals surface area contributed by atoms with Gasteiger partial charge in [0, 0.05) is 21.6 Å². The standard InChI is InChI=1S/C10H7BrClNO/c11-8-3-1-2-6-7(9(14)4-12)5-13-10(6)8/h1-3,5,13H,4H2. The number of fused-ring (bicyclic) bond motifs is 1. The molecule has 0 atom stereocenters. The SMILES string of the molecule is O=C(CCl)c1c[nH]c2c(Br)cccc12. The van der Waals surface area contributed by atoms with Crippen molar-refractivity contribution in [2.45, 2.75) is 0 Å². The number of H-pyrrole nitrogens is 1. The van der Waals surface area contributed by atoms with Crippen molar-refractivity contribution in [2.75, 3.05) is 5.88 Å². The van der Waals surface area contributed by atoms with Gasteiger partial charge in [0.2, 0.25) is 0 Å². The molecule has 0 aliphatic carbocycles. The smallest absolute Gasteiger partial charge is 0.179 e. The Balaban J connectivity index is 2.70. The van der Waals surface area contributed by atoms with Gasteiger partial charge in [-0.3, -0.25) is 4.79 Å². The molecule has 2 rings (SSSR count). The van der Waals surface area contributed by atoms with Crippen LogP contribution in [0.2, 0.25) is 0 Å². The van der Waals surface area contributed by atoms with Gasteiger partial charge in [0.05, 0.1) is 11.4 Å². The molecule has 2 nitrogen and oxygen atoms in total. The first kappa shape index (κ1) is 9.74. The molecule has 1 N–H and O–H groups in total. The molecule has 4 heteroatoms. The van der Waals surface area contributed by atoms with E-state index < -0.39 is 0 Å². The Kier molecular flexibility index (Phi) is 2.61. The van der Waals surface area contributed by atoms with Crippen molar-refractivity contribution in [3.63, 3.8) is 0 Å². The molecule has 14 heavy (non-hydrogen) atoms. The van der Waals surface area contributed by atoms with Crippen LogP contribution in [0.4, 0.5) is 0 Å². The minimum atomic E-state index is -0.0592. The van der Waals surface area contributed by atoms with Crippen LogP contribution >= 0.6 is 27.5 Å². The molecule has 0 aliphatic heterocycles. The Morgan fingerprint density at radius 1 is 1.50 bits per heavy atom. The number of nitrogens with one attached hydrogen (secondary N) is 1. The van der Waals surface area contributed by atoms with E-state index in [-0.39, 0.29) is 11.7 Å². The third-order valence-corrected chi connectivity index (χ3v) is 2.99. The summed E-state index contributed by atoms with van der Waals surface area (Å²) >= 11 is 8.91. The molecule has 72 valence electrons. The molecule has 0 unspecified atom stereocenters. The third-order valence-electron chi connectivity index (χ3n) is 2.09. The number of aromatic nitrogens is 1. The fraction of sp³-hybridized carbons (Fsp3) is 0.100. The molecule has 0 aliphatic rings. The molecule has 0 spiro atoms. The maximum atomic E-state index is 11.4. The van der Waals surface area contributed by atoms with Crippen LogP contribution in [0.25, 0.3) is 10.9 Å². The molecule has 2 aromatic rings. The summed E-state index contributed by atoms with van der Waals surface area (Å²) in [4.78, 5) is 14.5. The summed E-state index contributed by atoms with van der Waals surface area (Å²) in [6.45, 7) is 0. The van der Waals surface area contributed by atoms with Crippen LogP contribution in [-0.4, -0.2) is 16.6 Å². The summed E-state index contributed by atoms with van der Waals surface area (Å²) in [6, 6.07) is 5.72. The number of Topliss-reactive ketones (excluding diaryl/α,β-unsaturated/α-hetero) is 1. The molecule has 1 heterocycles. The molecule has 0 saturated heterocycles. The minimum absolute atomic E-state index is 0.0134. The molecule has 1 aromatic carbocycles. The van der Waals surface area contributed by atoms with Gasteiger partial charge in [0.25, 0.3) is 0 Å². The van der Waals surface area contributed by atoms with Crippen molar-refractivity contribution < 1.29 is 4.79 Å². The molecular weight excluding hydrogens is 265 g/mol. The summed E-state index contributed by atoms with van der Waals surface area (Å²) in [5.74, 6) is -0.0459. The third kappa shape index (κ3) is 1.47. The predicted octanol–water partition coefficient (Wildman–Crippen LogP) is 3.35. The van der Waals surface area contributed by atoms with Gasteiger partial charge < -0.3 is 4.98 Å². The summed E-state index contributed by atoms with van der Waals surface area (Å²) in [5.41, 5.74) is 1.58. The molecule has 0 radical (unpaired) electrons. The van der Waals surface area contributed by atoms with Crippen LogP contribution in [0.15, 0.2) is 28.9 Å². The van der Waals surface area contributed by atoms with Crippen LogP contribution in [-0.2, 0) is 0 Å². The lowest BCUT2D eigenvalue weighted by Gasteiger charge is -1.95. The maximum absolute atomic E-state index is 11.4. The van der Waals surface area contributed by atoms with E-state index in [2.05, 4.69) is 20.9 Å². The number of hydrogen-bond donors (Lipinski definition) is 1. The highest BCUT2D eigenvalue weighted by atomic mass is 79.9. The highest BCUT2D eigenvalue weighted by molar-refractivity contribution is 9.10. The number of aromatic amines is 1. The Morgan fingerprint density at radius 2 is 2.29 bits per heavy atom. The summed E-state index contributed by atoms with van der Waals surface area (Å²) in [7, 11) is 0. The van der Waals surface area contributed by atoms with E-state index in [0.717, 1.165) is 15.4 Å². The van der Waals surface area contributed by atoms with Gasteiger partial charge in [-0.1, -0.05) is 12.1 Å². The van der Waals surface area contributed by atoms with Gasteiger partial charge in [0.1, 0.15) is 0 Å². The van der Waals surface area contributed by atoms with E-state index >= 15 is 0 Å². The molecular formula is C10H7BrClNO. The van der Waals surface area contributed by atoms with Crippen molar-refractivity contribution in [1.82, 2.24) is 4.98 Å². The fourth-order valence-corrected chi connectivity index (χ4v) is 2.04. The van der Waals surface area contributed by atoms with Crippen molar-refractivity contribution >= 4 is 44.2 Å². The maximum Gasteiger partial charge on any atom is 0.179 e. The summed E-state index contributed by atoms with van der Waals surface area (Å²) < 4.78 is 0.948. The second kappa shape index (κ2) is 3.75. The van der Waals surface area contributed by atoms with Gasteiger partial charge in [-0.15, -0.1) is 11.6 Å². The lowest BCUT2D eigenvalue weighted by Crippen LogP contribution is -1.98. The van der Waals surface area contributed by atoms with Crippen molar-refractivity contribution in [2.24, 2.45) is 0 Å². The first-order valence-electron chi connectivity index (χ1n) is 4.09. The Bertz CT molecular complexity index is 492. The average Bonchev–Trinajstić information content (AvgIpc) is 2.62. The van der Waals surface area contributed by atoms with Gasteiger partial charge in [-0.25, -0.2) is 0 Å². The van der Waals surface area contributed by atoms with Crippen LogP contribution in [0.5, 0.6) is 0 Å². The van der Waals surface area contributed by atoms with E-state index in [4.69, 9.17) is 11.6 Å². The number of carbonyl (C=O) groups excluding carboxylic acids is 1. The zero-order chi connectivity index (χ0) is 10.1. The quantitative estimate of drug-likeness (QED) is 0.660. The Labute approximate surface area is 94.4 Å². The number of para-hydroxylation sites is 1. The Hall–Kier alpha value is -0.800. The molecule has 0 fully saturated rings. The van der Waals surface area contributed by atoms with Crippen molar-refractivity contribution in [3.05, 3.63) is 34.4 Å². The van der Waals surface area contributed by atoms with E-state index in [1.807, 2.05) is 18.2 Å². The minimum Gasteiger partial charge on any atom is -0.360 e. The van der Waals surface area contributed by atoms with E-state index in [1.54, 1.807) is 6.20 Å². The Morgan fingerprint density at radius 3 is 3.00 bits per heavy atom. The number of alkyl halides is 1. The molecule has 0 amide bonds. The van der Waals surface area contributed by atoms with Crippen molar-refractivity contribution in [3.8, 4) is 0 Å². The molecule has 0 saturated carbocycles. The van der Waals surface area contributed by atoms with Gasteiger partial charge in [-0.2, -0.15) is 0 Å². The lowest BCUT2D eigenvalue weighted by molar-refractivity contribution is 0.102. The lowest BCUT2D eigenvalue weighted by atomic mass is 10.1. The van der Waals surface area contributed by atoms with Gasteiger partial charge in [-0.05, 0) is 22.0 Å². The second-order valence-electron chi connectivity index (χ2n) is 2.92. The highest BCUT2D eigenvalue weighted by Crippen LogP contribution is 2.25. The molecule has 1 aromatic heterocycles. The monoisotopic (exact) mass is 271 g/mol. The fourth-order valence-electron chi connectivity index (χ4n) is 1.42. The largest absolute Gasteiger partial charge is 0.360 e. The van der Waals surface area contributed by atoms with Crippen molar-refractivity contribution in [1.29, 1.82) is 0 Å². The highest BCUT2D eigenvalue weighted by Gasteiger charge is 2.11. The normalized spacial score (nSPS) is 10.7. The number of carbonyl (C=O) groups is 1. The molecule has 0 bridgehead atoms. The topological polar surface area (TPSA) is 32.9 Å². The summed E-state index contributed by atoms with van der Waals surface area (Å²) in [5, 5.41) is 0.907. The summed E-state index contributed by atoms with van der Waals surface area (Å²) in [6.07, 6.45) is 1.69. The van der Waals surface area contributed by atoms with Crippen LogP contribution in [0.1, 0.15) is 10.4 Å².